The fourth-order valence-corrected chi connectivity index (χ4v) is 2.09. The van der Waals surface area contributed by atoms with Crippen LogP contribution >= 0.6 is 0 Å². The molecule has 0 bridgehead atoms. The summed E-state index contributed by atoms with van der Waals surface area (Å²) >= 11 is 0. The second-order valence-corrected chi connectivity index (χ2v) is 4.19. The molecule has 0 aromatic carbocycles. The summed E-state index contributed by atoms with van der Waals surface area (Å²) in [5, 5.41) is 0. The molecule has 4 heteroatoms. The quantitative estimate of drug-likeness (QED) is 0.774. The van der Waals surface area contributed by atoms with E-state index >= 15 is 0 Å². The van der Waals surface area contributed by atoms with Crippen molar-refractivity contribution >= 4 is 5.78 Å². The van der Waals surface area contributed by atoms with E-state index in [1.165, 1.54) is 0 Å². The van der Waals surface area contributed by atoms with Crippen LogP contribution in [0.15, 0.2) is 12.4 Å². The first-order valence-corrected chi connectivity index (χ1v) is 5.91. The Balaban J connectivity index is 1.95. The van der Waals surface area contributed by atoms with Crippen molar-refractivity contribution in [1.29, 1.82) is 0 Å². The van der Waals surface area contributed by atoms with Crippen molar-refractivity contribution in [3.63, 3.8) is 0 Å². The average molecular weight is 222 g/mol. The van der Waals surface area contributed by atoms with E-state index in [1.54, 1.807) is 6.20 Å². The zero-order valence-electron chi connectivity index (χ0n) is 9.69. The van der Waals surface area contributed by atoms with Gasteiger partial charge in [-0.3, -0.25) is 4.79 Å². The Morgan fingerprint density at radius 2 is 2.56 bits per heavy atom. The van der Waals surface area contributed by atoms with Crippen LogP contribution in [0.2, 0.25) is 0 Å². The van der Waals surface area contributed by atoms with E-state index in [4.69, 9.17) is 4.74 Å². The maximum Gasteiger partial charge on any atom is 0.145 e. The molecule has 1 unspecified atom stereocenters. The smallest absolute Gasteiger partial charge is 0.145 e. The minimum atomic E-state index is 0.0794. The monoisotopic (exact) mass is 222 g/mol. The first kappa shape index (κ1) is 11.3. The molecular formula is C12H18N2O2. The lowest BCUT2D eigenvalue weighted by atomic mass is 9.95. The van der Waals surface area contributed by atoms with Crippen LogP contribution in [0.3, 0.4) is 0 Å². The minimum Gasteiger partial charge on any atom is -0.381 e. The van der Waals surface area contributed by atoms with Crippen LogP contribution in [0, 0.1) is 5.92 Å². The van der Waals surface area contributed by atoms with Crippen LogP contribution in [0.5, 0.6) is 0 Å². The van der Waals surface area contributed by atoms with E-state index < -0.39 is 0 Å². The predicted octanol–water partition coefficient (Wildman–Crippen LogP) is 1.44. The third-order valence-electron chi connectivity index (χ3n) is 3.09. The number of carbonyl (C=O) groups excluding carboxylic acids is 1. The molecule has 0 amide bonds. The van der Waals surface area contributed by atoms with Gasteiger partial charge in [0, 0.05) is 31.5 Å². The largest absolute Gasteiger partial charge is 0.381 e. The van der Waals surface area contributed by atoms with E-state index in [0.29, 0.717) is 13.0 Å². The van der Waals surface area contributed by atoms with Crippen molar-refractivity contribution in [2.24, 2.45) is 5.92 Å². The first-order chi connectivity index (χ1) is 7.81. The summed E-state index contributed by atoms with van der Waals surface area (Å²) in [4.78, 5) is 16.2. The van der Waals surface area contributed by atoms with Gasteiger partial charge in [-0.2, -0.15) is 0 Å². The van der Waals surface area contributed by atoms with Crippen LogP contribution in [0.1, 0.15) is 25.6 Å². The molecule has 1 saturated heterocycles. The van der Waals surface area contributed by atoms with Gasteiger partial charge in [0.1, 0.15) is 11.6 Å². The van der Waals surface area contributed by atoms with Crippen LogP contribution in [-0.4, -0.2) is 28.5 Å². The van der Waals surface area contributed by atoms with Crippen LogP contribution in [0.25, 0.3) is 0 Å². The number of aromatic nitrogens is 2. The number of rotatable bonds is 4. The zero-order valence-corrected chi connectivity index (χ0v) is 9.69. The molecule has 88 valence electrons. The maximum atomic E-state index is 12.0. The van der Waals surface area contributed by atoms with Crippen LogP contribution in [-0.2, 0) is 22.5 Å². The molecule has 1 aliphatic heterocycles. The summed E-state index contributed by atoms with van der Waals surface area (Å²) in [5.41, 5.74) is 0. The van der Waals surface area contributed by atoms with E-state index in [2.05, 4.69) is 11.9 Å². The molecule has 16 heavy (non-hydrogen) atoms. The average Bonchev–Trinajstić information content (AvgIpc) is 2.77. The molecule has 1 aromatic heterocycles. The third kappa shape index (κ3) is 2.50. The Kier molecular flexibility index (Phi) is 3.72. The Morgan fingerprint density at radius 3 is 3.25 bits per heavy atom. The predicted molar refractivity (Wildman–Crippen MR) is 60.2 cm³/mol. The normalized spacial score (nSPS) is 20.9. The van der Waals surface area contributed by atoms with Gasteiger partial charge in [-0.1, -0.05) is 0 Å². The number of nitrogens with zero attached hydrogens (tertiary/aromatic N) is 2. The lowest BCUT2D eigenvalue weighted by molar-refractivity contribution is -0.126. The van der Waals surface area contributed by atoms with Gasteiger partial charge >= 0.3 is 0 Å². The number of hydrogen-bond acceptors (Lipinski definition) is 3. The number of aryl methyl sites for hydroxylation is 1. The fourth-order valence-electron chi connectivity index (χ4n) is 2.09. The molecule has 1 atom stereocenters. The highest BCUT2D eigenvalue weighted by Gasteiger charge is 2.22. The third-order valence-corrected chi connectivity index (χ3v) is 3.09. The standard InChI is InChI=1S/C12H18N2O2/c1-2-14-6-5-13-12(14)8-11(15)10-4-3-7-16-9-10/h5-6,10H,2-4,7-9H2,1H3. The summed E-state index contributed by atoms with van der Waals surface area (Å²) < 4.78 is 7.35. The molecule has 2 heterocycles. The van der Waals surface area contributed by atoms with Gasteiger partial charge in [0.2, 0.25) is 0 Å². The van der Waals surface area contributed by atoms with Crippen molar-refractivity contribution < 1.29 is 9.53 Å². The van der Waals surface area contributed by atoms with Gasteiger partial charge in [0.15, 0.2) is 0 Å². The molecule has 1 fully saturated rings. The molecule has 4 nitrogen and oxygen atoms in total. The SMILES string of the molecule is CCn1ccnc1CC(=O)C1CCCOC1. The van der Waals surface area contributed by atoms with Crippen LogP contribution < -0.4 is 0 Å². The molecule has 0 saturated carbocycles. The van der Waals surface area contributed by atoms with Crippen molar-refractivity contribution in [2.75, 3.05) is 13.2 Å². The number of Topliss-reactive ketones (excluding diaryl/α,β-unsaturated/α-hetero) is 1. The van der Waals surface area contributed by atoms with Crippen molar-refractivity contribution in [2.45, 2.75) is 32.7 Å². The highest BCUT2D eigenvalue weighted by atomic mass is 16.5. The summed E-state index contributed by atoms with van der Waals surface area (Å²) in [6, 6.07) is 0. The lowest BCUT2D eigenvalue weighted by Gasteiger charge is -2.20. The Bertz CT molecular complexity index is 354. The Morgan fingerprint density at radius 1 is 1.69 bits per heavy atom. The molecule has 0 N–H and O–H groups in total. The van der Waals surface area contributed by atoms with Gasteiger partial charge < -0.3 is 9.30 Å². The highest BCUT2D eigenvalue weighted by Crippen LogP contribution is 2.16. The number of imidazole rings is 1. The van der Waals surface area contributed by atoms with Gasteiger partial charge in [0.05, 0.1) is 13.0 Å². The summed E-state index contributed by atoms with van der Waals surface area (Å²) in [6.07, 6.45) is 6.07. The Hall–Kier alpha value is -1.16. The summed E-state index contributed by atoms with van der Waals surface area (Å²) in [7, 11) is 0. The molecule has 1 aromatic rings. The van der Waals surface area contributed by atoms with Crippen molar-refractivity contribution in [1.82, 2.24) is 9.55 Å². The Labute approximate surface area is 95.6 Å². The minimum absolute atomic E-state index is 0.0794. The first-order valence-electron chi connectivity index (χ1n) is 5.91. The molecule has 2 rings (SSSR count). The maximum absolute atomic E-state index is 12.0. The highest BCUT2D eigenvalue weighted by molar-refractivity contribution is 5.82. The topological polar surface area (TPSA) is 44.1 Å². The molecular weight excluding hydrogens is 204 g/mol. The number of ether oxygens (including phenoxy) is 1. The second kappa shape index (κ2) is 5.25. The van der Waals surface area contributed by atoms with Gasteiger partial charge in [-0.25, -0.2) is 4.98 Å². The number of carbonyl (C=O) groups is 1. The van der Waals surface area contributed by atoms with Gasteiger partial charge in [0.25, 0.3) is 0 Å². The fraction of sp³-hybridized carbons (Fsp3) is 0.667. The van der Waals surface area contributed by atoms with Gasteiger partial charge in [-0.15, -0.1) is 0 Å². The second-order valence-electron chi connectivity index (χ2n) is 4.19. The summed E-state index contributed by atoms with van der Waals surface area (Å²) in [5.74, 6) is 1.22. The molecule has 1 aliphatic rings. The van der Waals surface area contributed by atoms with Crippen molar-refractivity contribution in [3.05, 3.63) is 18.2 Å². The van der Waals surface area contributed by atoms with E-state index in [-0.39, 0.29) is 11.7 Å². The van der Waals surface area contributed by atoms with E-state index in [1.807, 2.05) is 10.8 Å². The van der Waals surface area contributed by atoms with E-state index in [9.17, 15) is 4.79 Å². The molecule has 0 radical (unpaired) electrons. The van der Waals surface area contributed by atoms with E-state index in [0.717, 1.165) is 31.8 Å². The number of ketones is 1. The van der Waals surface area contributed by atoms with Crippen molar-refractivity contribution in [3.8, 4) is 0 Å². The zero-order chi connectivity index (χ0) is 11.4. The lowest BCUT2D eigenvalue weighted by Crippen LogP contribution is -2.27. The van der Waals surface area contributed by atoms with Crippen LogP contribution in [0.4, 0.5) is 0 Å². The summed E-state index contributed by atoms with van der Waals surface area (Å²) in [6.45, 7) is 4.31. The van der Waals surface area contributed by atoms with Gasteiger partial charge in [-0.05, 0) is 19.8 Å². The molecule has 0 spiro atoms. The molecule has 0 aliphatic carbocycles. The number of hydrogen-bond donors (Lipinski definition) is 0.